The van der Waals surface area contributed by atoms with Crippen LogP contribution in [0.25, 0.3) is 11.3 Å². The lowest BCUT2D eigenvalue weighted by Crippen LogP contribution is -2.40. The quantitative estimate of drug-likeness (QED) is 0.617. The van der Waals surface area contributed by atoms with Gasteiger partial charge in [0.05, 0.1) is 22.9 Å². The average Bonchev–Trinajstić information content (AvgIpc) is 2.84. The molecule has 3 aromatic rings. The lowest BCUT2D eigenvalue weighted by molar-refractivity contribution is -0.122. The third-order valence-corrected chi connectivity index (χ3v) is 5.21. The van der Waals surface area contributed by atoms with Crippen molar-refractivity contribution in [3.63, 3.8) is 0 Å². The summed E-state index contributed by atoms with van der Waals surface area (Å²) >= 11 is 0. The molecule has 2 aromatic carbocycles. The molecule has 0 fully saturated rings. The van der Waals surface area contributed by atoms with Crippen molar-refractivity contribution in [3.8, 4) is 17.3 Å². The van der Waals surface area contributed by atoms with Crippen LogP contribution in [-0.4, -0.2) is 22.9 Å². The first-order valence-corrected chi connectivity index (χ1v) is 10.3. The first-order valence-electron chi connectivity index (χ1n) is 10.3. The molecule has 6 nitrogen and oxygen atoms in total. The average molecular weight is 414 g/mol. The third-order valence-electron chi connectivity index (χ3n) is 5.21. The molecule has 0 saturated heterocycles. The fourth-order valence-electron chi connectivity index (χ4n) is 3.48. The topological polar surface area (TPSA) is 81.9 Å². The van der Waals surface area contributed by atoms with Crippen molar-refractivity contribution in [1.82, 2.24) is 9.97 Å². The number of nitrogens with zero attached hydrogens (tertiary/aromatic N) is 4. The highest BCUT2D eigenvalue weighted by Gasteiger charge is 2.39. The van der Waals surface area contributed by atoms with Gasteiger partial charge in [-0.15, -0.1) is 0 Å². The van der Waals surface area contributed by atoms with E-state index in [0.29, 0.717) is 12.4 Å². The molecule has 1 aliphatic rings. The van der Waals surface area contributed by atoms with Crippen molar-refractivity contribution in [3.05, 3.63) is 66.4 Å². The minimum atomic E-state index is -0.714. The van der Waals surface area contributed by atoms with Gasteiger partial charge in [-0.2, -0.15) is 5.26 Å². The molecule has 0 radical (unpaired) electrons. The fraction of sp³-hybridized carbons (Fsp3) is 0.280. The van der Waals surface area contributed by atoms with Crippen LogP contribution in [0, 0.1) is 11.3 Å². The summed E-state index contributed by atoms with van der Waals surface area (Å²) in [6.45, 7) is 5.83. The van der Waals surface area contributed by atoms with Crippen LogP contribution in [0.1, 0.15) is 39.2 Å². The Hall–Kier alpha value is -3.72. The van der Waals surface area contributed by atoms with Gasteiger partial charge in [0, 0.05) is 36.5 Å². The lowest BCUT2D eigenvalue weighted by atomic mass is 9.83. The van der Waals surface area contributed by atoms with E-state index in [9.17, 15) is 4.79 Å². The number of anilines is 3. The molecule has 0 unspecified atom stereocenters. The molecule has 31 heavy (non-hydrogen) atoms. The maximum Gasteiger partial charge on any atom is 0.236 e. The molecule has 1 amide bonds. The van der Waals surface area contributed by atoms with E-state index in [0.717, 1.165) is 34.6 Å². The Morgan fingerprint density at radius 2 is 1.77 bits per heavy atom. The fourth-order valence-corrected chi connectivity index (χ4v) is 3.48. The summed E-state index contributed by atoms with van der Waals surface area (Å²) in [4.78, 5) is 24.0. The van der Waals surface area contributed by atoms with Gasteiger partial charge in [-0.3, -0.25) is 4.79 Å². The first kappa shape index (κ1) is 22.0. The minimum absolute atomic E-state index is 0.0241. The van der Waals surface area contributed by atoms with E-state index in [4.69, 9.17) is 10.2 Å². The van der Waals surface area contributed by atoms with E-state index in [1.165, 1.54) is 0 Å². The van der Waals surface area contributed by atoms with Crippen molar-refractivity contribution in [2.75, 3.05) is 17.3 Å². The number of likely N-dealkylation sites (N-methyl/N-ethyl adjacent to an activating group) is 1. The zero-order chi connectivity index (χ0) is 22.4. The van der Waals surface area contributed by atoms with Crippen LogP contribution in [0.15, 0.2) is 60.8 Å². The summed E-state index contributed by atoms with van der Waals surface area (Å²) in [6.07, 6.45) is 3.44. The van der Waals surface area contributed by atoms with Crippen molar-refractivity contribution in [2.45, 2.75) is 39.0 Å². The van der Waals surface area contributed by atoms with Gasteiger partial charge < -0.3 is 10.2 Å². The molecule has 0 aliphatic carbocycles. The molecule has 1 aromatic heterocycles. The molecule has 6 heteroatoms. The Morgan fingerprint density at radius 1 is 1.10 bits per heavy atom. The summed E-state index contributed by atoms with van der Waals surface area (Å²) < 4.78 is 0. The summed E-state index contributed by atoms with van der Waals surface area (Å²) in [5.41, 5.74) is 3.61. The Morgan fingerprint density at radius 3 is 2.42 bits per heavy atom. The monoisotopic (exact) mass is 413 g/mol. The molecule has 4 rings (SSSR count). The first-order chi connectivity index (χ1) is 14.9. The zero-order valence-electron chi connectivity index (χ0n) is 18.4. The molecule has 1 N–H and O–H groups in total. The molecule has 2 heterocycles. The van der Waals surface area contributed by atoms with E-state index in [1.807, 2.05) is 88.5 Å². The van der Waals surface area contributed by atoms with Crippen LogP contribution < -0.4 is 10.2 Å². The Labute approximate surface area is 183 Å². The van der Waals surface area contributed by atoms with Gasteiger partial charge in [-0.25, -0.2) is 9.97 Å². The van der Waals surface area contributed by atoms with Crippen LogP contribution >= 0.6 is 0 Å². The maximum absolute atomic E-state index is 13.0. The number of para-hydroxylation sites is 2. The third kappa shape index (κ3) is 4.56. The lowest BCUT2D eigenvalue weighted by Gasteiger charge is -2.27. The van der Waals surface area contributed by atoms with Crippen molar-refractivity contribution >= 4 is 23.2 Å². The molecule has 0 bridgehead atoms. The predicted molar refractivity (Wildman–Crippen MR) is 124 cm³/mol. The number of carbonyl (C=O) groups is 1. The minimum Gasteiger partial charge on any atom is -0.324 e. The summed E-state index contributed by atoms with van der Waals surface area (Å²) in [5.74, 6) is 0.536. The second-order valence-electron chi connectivity index (χ2n) is 7.86. The largest absolute Gasteiger partial charge is 0.324 e. The highest BCUT2D eigenvalue weighted by molar-refractivity contribution is 6.06. The molecule has 1 aliphatic heterocycles. The number of amides is 1. The Balaban J connectivity index is 0.000000491. The molecule has 0 saturated carbocycles. The van der Waals surface area contributed by atoms with E-state index < -0.39 is 5.41 Å². The van der Waals surface area contributed by atoms with E-state index in [-0.39, 0.29) is 5.91 Å². The van der Waals surface area contributed by atoms with Crippen LogP contribution in [0.4, 0.5) is 17.3 Å². The number of fused-ring (bicyclic) bond motifs is 3. The number of nitrogens with one attached hydrogen (secondary N) is 1. The van der Waals surface area contributed by atoms with E-state index in [1.54, 1.807) is 11.1 Å². The highest BCUT2D eigenvalue weighted by atomic mass is 16.2. The number of nitriles is 1. The van der Waals surface area contributed by atoms with Crippen molar-refractivity contribution in [2.24, 2.45) is 0 Å². The van der Waals surface area contributed by atoms with E-state index >= 15 is 0 Å². The number of hydrogen-bond acceptors (Lipinski definition) is 5. The second kappa shape index (κ2) is 9.40. The number of benzene rings is 2. The van der Waals surface area contributed by atoms with Crippen LogP contribution in [0.3, 0.4) is 0 Å². The predicted octanol–water partition coefficient (Wildman–Crippen LogP) is 5.45. The summed E-state index contributed by atoms with van der Waals surface area (Å²) in [7, 11) is 1.81. The van der Waals surface area contributed by atoms with Gasteiger partial charge in [0.15, 0.2) is 0 Å². The smallest absolute Gasteiger partial charge is 0.236 e. The number of carbonyl (C=O) groups excluding carboxylic acids is 1. The maximum atomic E-state index is 13.0. The van der Waals surface area contributed by atoms with Crippen LogP contribution in [0.5, 0.6) is 0 Å². The number of aromatic nitrogens is 2. The molecule has 0 spiro atoms. The Kier molecular flexibility index (Phi) is 6.66. The van der Waals surface area contributed by atoms with Gasteiger partial charge in [-0.05, 0) is 38.5 Å². The standard InChI is InChI=1S/C21H20N4O.C4H7N/c1-21(2)16-13-22-20(23-14-9-5-4-6-10-14)24-18(16)15-11-7-8-12-17(15)25(3)19(21)26;1-2-3-4-5/h4-13H,1-3H3,(H,22,23,24);2-3H2,1H3. The van der Waals surface area contributed by atoms with Crippen molar-refractivity contribution < 1.29 is 4.79 Å². The normalized spacial score (nSPS) is 13.6. The van der Waals surface area contributed by atoms with Crippen LogP contribution in [-0.2, 0) is 10.2 Å². The number of rotatable bonds is 3. The molecular weight excluding hydrogens is 386 g/mol. The molecule has 0 atom stereocenters. The zero-order valence-corrected chi connectivity index (χ0v) is 18.4. The summed E-state index contributed by atoms with van der Waals surface area (Å²) in [5, 5.41) is 11.1. The van der Waals surface area contributed by atoms with E-state index in [2.05, 4.69) is 10.3 Å². The molecular formula is C25H27N5O. The number of hydrogen-bond donors (Lipinski definition) is 1. The highest BCUT2D eigenvalue weighted by Crippen LogP contribution is 2.42. The van der Waals surface area contributed by atoms with Gasteiger partial charge >= 0.3 is 0 Å². The van der Waals surface area contributed by atoms with Gasteiger partial charge in [-0.1, -0.05) is 43.3 Å². The second-order valence-corrected chi connectivity index (χ2v) is 7.86. The summed E-state index contributed by atoms with van der Waals surface area (Å²) in [6, 6.07) is 19.7. The van der Waals surface area contributed by atoms with Crippen molar-refractivity contribution in [1.29, 1.82) is 5.26 Å². The number of unbranched alkanes of at least 4 members (excludes halogenated alkanes) is 1. The van der Waals surface area contributed by atoms with Gasteiger partial charge in [0.25, 0.3) is 0 Å². The molecule has 158 valence electrons. The van der Waals surface area contributed by atoms with Gasteiger partial charge in [0.2, 0.25) is 11.9 Å². The van der Waals surface area contributed by atoms with Crippen LogP contribution in [0.2, 0.25) is 0 Å². The van der Waals surface area contributed by atoms with Gasteiger partial charge in [0.1, 0.15) is 0 Å². The SMILES string of the molecule is CCCC#N.CN1C(=O)C(C)(C)c2cnc(Nc3ccccc3)nc2-c2ccccc21. The Bertz CT molecular complexity index is 1100.